The van der Waals surface area contributed by atoms with Crippen LogP contribution in [0.25, 0.3) is 0 Å². The Kier molecular flexibility index (Phi) is 4.24. The van der Waals surface area contributed by atoms with Crippen LogP contribution >= 0.6 is 15.9 Å². The van der Waals surface area contributed by atoms with E-state index in [0.717, 1.165) is 12.1 Å². The number of hydrogen-bond acceptors (Lipinski definition) is 2. The van der Waals surface area contributed by atoms with E-state index < -0.39 is 43.9 Å². The van der Waals surface area contributed by atoms with Crippen molar-refractivity contribution in [3.63, 3.8) is 0 Å². The molecule has 0 bridgehead atoms. The minimum atomic E-state index is -4.75. The van der Waals surface area contributed by atoms with Gasteiger partial charge in [0.05, 0.1) is 5.69 Å². The lowest BCUT2D eigenvalue weighted by atomic mass is 10.3. The van der Waals surface area contributed by atoms with Gasteiger partial charge in [-0.05, 0) is 18.2 Å². The first-order chi connectivity index (χ1) is 9.70. The highest BCUT2D eigenvalue weighted by Crippen LogP contribution is 2.25. The number of sulfonamides is 1. The standard InChI is InChI=1S/C12H6BrF4NO2S/c13-6-1-2-11(8(15)3-6)18-21(19,20)12-9(16)4-7(14)5-10(12)17/h1-5,18H. The summed E-state index contributed by atoms with van der Waals surface area (Å²) in [6.07, 6.45) is 0. The third-order valence-electron chi connectivity index (χ3n) is 2.41. The molecule has 9 heteroatoms. The fourth-order valence-electron chi connectivity index (χ4n) is 1.55. The summed E-state index contributed by atoms with van der Waals surface area (Å²) >= 11 is 2.97. The molecule has 0 atom stereocenters. The van der Waals surface area contributed by atoms with Crippen LogP contribution in [0.15, 0.2) is 39.7 Å². The molecule has 0 aromatic heterocycles. The van der Waals surface area contributed by atoms with E-state index in [1.807, 2.05) is 0 Å². The highest BCUT2D eigenvalue weighted by atomic mass is 79.9. The Bertz CT molecular complexity index is 788. The molecule has 2 rings (SSSR count). The Hall–Kier alpha value is -1.61. The number of nitrogens with one attached hydrogen (secondary N) is 1. The zero-order valence-corrected chi connectivity index (χ0v) is 12.4. The molecule has 0 aliphatic rings. The van der Waals surface area contributed by atoms with E-state index in [9.17, 15) is 26.0 Å². The molecular weight excluding hydrogens is 378 g/mol. The molecule has 0 fully saturated rings. The van der Waals surface area contributed by atoms with E-state index in [2.05, 4.69) is 15.9 Å². The molecule has 0 aliphatic carbocycles. The monoisotopic (exact) mass is 383 g/mol. The number of anilines is 1. The largest absolute Gasteiger partial charge is 0.276 e. The number of rotatable bonds is 3. The first-order valence-electron chi connectivity index (χ1n) is 5.33. The van der Waals surface area contributed by atoms with Gasteiger partial charge >= 0.3 is 0 Å². The first-order valence-corrected chi connectivity index (χ1v) is 7.61. The van der Waals surface area contributed by atoms with Crippen molar-refractivity contribution in [3.05, 3.63) is 58.1 Å². The molecule has 0 saturated heterocycles. The molecule has 0 unspecified atom stereocenters. The van der Waals surface area contributed by atoms with Crippen LogP contribution in [0.2, 0.25) is 0 Å². The molecule has 0 aliphatic heterocycles. The summed E-state index contributed by atoms with van der Waals surface area (Å²) in [4.78, 5) is -1.38. The molecule has 21 heavy (non-hydrogen) atoms. The molecule has 0 radical (unpaired) electrons. The van der Waals surface area contributed by atoms with E-state index in [4.69, 9.17) is 0 Å². The second-order valence-electron chi connectivity index (χ2n) is 3.93. The maximum atomic E-state index is 13.6. The molecular formula is C12H6BrF4NO2S. The molecule has 0 heterocycles. The number of hydrogen-bond donors (Lipinski definition) is 1. The maximum absolute atomic E-state index is 13.6. The van der Waals surface area contributed by atoms with Crippen molar-refractivity contribution < 1.29 is 26.0 Å². The third kappa shape index (κ3) is 3.35. The first kappa shape index (κ1) is 15.8. The van der Waals surface area contributed by atoms with Crippen LogP contribution in [0.3, 0.4) is 0 Å². The Morgan fingerprint density at radius 2 is 1.48 bits per heavy atom. The van der Waals surface area contributed by atoms with Crippen LogP contribution in [0.1, 0.15) is 0 Å². The van der Waals surface area contributed by atoms with Crippen molar-refractivity contribution in [1.29, 1.82) is 0 Å². The van der Waals surface area contributed by atoms with Gasteiger partial charge < -0.3 is 0 Å². The minimum absolute atomic E-state index is 0.218. The normalized spacial score (nSPS) is 11.5. The zero-order chi connectivity index (χ0) is 15.8. The Balaban J connectivity index is 2.48. The lowest BCUT2D eigenvalue weighted by Crippen LogP contribution is -2.17. The molecule has 2 aromatic carbocycles. The molecule has 0 spiro atoms. The fourth-order valence-corrected chi connectivity index (χ4v) is 3.08. The summed E-state index contributed by atoms with van der Waals surface area (Å²) in [6.45, 7) is 0. The van der Waals surface area contributed by atoms with Gasteiger partial charge in [0.2, 0.25) is 0 Å². The van der Waals surface area contributed by atoms with Crippen LogP contribution in [-0.4, -0.2) is 8.42 Å². The van der Waals surface area contributed by atoms with Crippen LogP contribution < -0.4 is 4.72 Å². The van der Waals surface area contributed by atoms with Crippen molar-refractivity contribution in [2.75, 3.05) is 4.72 Å². The summed E-state index contributed by atoms with van der Waals surface area (Å²) in [5, 5.41) is 0. The highest BCUT2D eigenvalue weighted by molar-refractivity contribution is 9.10. The van der Waals surface area contributed by atoms with Gasteiger partial charge in [-0.1, -0.05) is 15.9 Å². The van der Waals surface area contributed by atoms with Gasteiger partial charge in [0, 0.05) is 16.6 Å². The Morgan fingerprint density at radius 1 is 0.905 bits per heavy atom. The quantitative estimate of drug-likeness (QED) is 0.819. The summed E-state index contributed by atoms with van der Waals surface area (Å²) in [7, 11) is -4.75. The highest BCUT2D eigenvalue weighted by Gasteiger charge is 2.26. The predicted octanol–water partition coefficient (Wildman–Crippen LogP) is 3.81. The van der Waals surface area contributed by atoms with Crippen LogP contribution in [0.4, 0.5) is 23.2 Å². The lowest BCUT2D eigenvalue weighted by Gasteiger charge is -2.10. The van der Waals surface area contributed by atoms with E-state index in [-0.39, 0.29) is 12.1 Å². The molecule has 0 amide bonds. The van der Waals surface area contributed by atoms with Crippen molar-refractivity contribution in [2.45, 2.75) is 4.90 Å². The van der Waals surface area contributed by atoms with Gasteiger partial charge in [-0.3, -0.25) is 4.72 Å². The van der Waals surface area contributed by atoms with Gasteiger partial charge in [-0.15, -0.1) is 0 Å². The van der Waals surface area contributed by atoms with E-state index >= 15 is 0 Å². The SMILES string of the molecule is O=S(=O)(Nc1ccc(Br)cc1F)c1c(F)cc(F)cc1F. The molecule has 1 N–H and O–H groups in total. The van der Waals surface area contributed by atoms with Gasteiger partial charge in [0.1, 0.15) is 23.3 Å². The zero-order valence-electron chi connectivity index (χ0n) is 10.0. The van der Waals surface area contributed by atoms with Crippen molar-refractivity contribution in [1.82, 2.24) is 0 Å². The average Bonchev–Trinajstić information content (AvgIpc) is 2.30. The van der Waals surface area contributed by atoms with Gasteiger partial charge in [0.25, 0.3) is 10.0 Å². The molecule has 2 aromatic rings. The average molecular weight is 384 g/mol. The molecule has 112 valence electrons. The number of benzene rings is 2. The fraction of sp³-hybridized carbons (Fsp3) is 0. The molecule has 3 nitrogen and oxygen atoms in total. The van der Waals surface area contributed by atoms with Gasteiger partial charge in [-0.2, -0.15) is 0 Å². The topological polar surface area (TPSA) is 46.2 Å². The van der Waals surface area contributed by atoms with Crippen molar-refractivity contribution in [2.24, 2.45) is 0 Å². The van der Waals surface area contributed by atoms with E-state index in [0.29, 0.717) is 4.47 Å². The summed E-state index contributed by atoms with van der Waals surface area (Å²) in [6, 6.07) is 3.80. The summed E-state index contributed by atoms with van der Waals surface area (Å²) in [5.41, 5.74) is -0.499. The van der Waals surface area contributed by atoms with Crippen molar-refractivity contribution in [3.8, 4) is 0 Å². The van der Waals surface area contributed by atoms with Crippen LogP contribution in [-0.2, 0) is 10.0 Å². The van der Waals surface area contributed by atoms with Gasteiger partial charge in [0.15, 0.2) is 4.90 Å². The van der Waals surface area contributed by atoms with E-state index in [1.165, 1.54) is 6.07 Å². The van der Waals surface area contributed by atoms with Gasteiger partial charge in [-0.25, -0.2) is 26.0 Å². The van der Waals surface area contributed by atoms with Crippen molar-refractivity contribution >= 4 is 31.6 Å². The Labute approximate surface area is 125 Å². The smallest absolute Gasteiger partial charge is 0.267 e. The second-order valence-corrected chi connectivity index (χ2v) is 6.46. The molecule has 0 saturated carbocycles. The van der Waals surface area contributed by atoms with E-state index in [1.54, 1.807) is 4.72 Å². The third-order valence-corrected chi connectivity index (χ3v) is 4.32. The van der Waals surface area contributed by atoms with Crippen LogP contribution in [0.5, 0.6) is 0 Å². The van der Waals surface area contributed by atoms with Crippen LogP contribution in [0, 0.1) is 23.3 Å². The maximum Gasteiger partial charge on any atom is 0.267 e. The summed E-state index contributed by atoms with van der Waals surface area (Å²) in [5.74, 6) is -5.44. The number of halogens is 5. The predicted molar refractivity (Wildman–Crippen MR) is 71.2 cm³/mol. The lowest BCUT2D eigenvalue weighted by molar-refractivity contribution is 0.498. The second kappa shape index (κ2) is 5.64. The Morgan fingerprint density at radius 3 is 2.00 bits per heavy atom. The minimum Gasteiger partial charge on any atom is -0.276 e. The summed E-state index contributed by atoms with van der Waals surface area (Å²) < 4.78 is 79.1.